The highest BCUT2D eigenvalue weighted by Crippen LogP contribution is 2.19. The highest BCUT2D eigenvalue weighted by Gasteiger charge is 2.21. The number of nitrogens with zero attached hydrogens (tertiary/aromatic N) is 1. The van der Waals surface area contributed by atoms with E-state index in [1.54, 1.807) is 7.05 Å². The molecule has 0 spiro atoms. The first-order valence-electron chi connectivity index (χ1n) is 6.90. The van der Waals surface area contributed by atoms with Crippen molar-refractivity contribution in [3.05, 3.63) is 34.3 Å². The molecule has 1 aromatic carbocycles. The Kier molecular flexibility index (Phi) is 5.60. The zero-order valence-electron chi connectivity index (χ0n) is 11.7. The van der Waals surface area contributed by atoms with Crippen LogP contribution in [0.4, 0.5) is 0 Å². The topological polar surface area (TPSA) is 49.4 Å². The van der Waals surface area contributed by atoms with E-state index >= 15 is 0 Å². The fourth-order valence-corrected chi connectivity index (χ4v) is 3.54. The lowest BCUT2D eigenvalue weighted by atomic mass is 10.2. The van der Waals surface area contributed by atoms with Gasteiger partial charge in [-0.15, -0.1) is 0 Å². The number of sulfonamides is 1. The quantitative estimate of drug-likeness (QED) is 0.724. The van der Waals surface area contributed by atoms with E-state index in [0.29, 0.717) is 19.0 Å². The Balaban J connectivity index is 1.82. The van der Waals surface area contributed by atoms with Gasteiger partial charge in [0.2, 0.25) is 10.0 Å². The third-order valence-electron chi connectivity index (χ3n) is 3.42. The van der Waals surface area contributed by atoms with E-state index < -0.39 is 10.0 Å². The maximum atomic E-state index is 12.2. The van der Waals surface area contributed by atoms with Gasteiger partial charge in [-0.3, -0.25) is 0 Å². The minimum absolute atomic E-state index is 0.202. The van der Waals surface area contributed by atoms with Crippen LogP contribution in [-0.2, 0) is 16.6 Å². The summed E-state index contributed by atoms with van der Waals surface area (Å²) < 4.78 is 26.8. The summed E-state index contributed by atoms with van der Waals surface area (Å²) in [6.07, 6.45) is 3.13. The molecular formula is C14H21BrN2O2S. The number of rotatable bonds is 8. The largest absolute Gasteiger partial charge is 0.314 e. The fraction of sp³-hybridized carbons (Fsp3) is 0.571. The molecule has 0 saturated heterocycles. The van der Waals surface area contributed by atoms with Crippen molar-refractivity contribution < 1.29 is 8.42 Å². The van der Waals surface area contributed by atoms with Crippen LogP contribution in [0, 0.1) is 0 Å². The number of nitrogens with one attached hydrogen (secondary N) is 1. The van der Waals surface area contributed by atoms with Crippen molar-refractivity contribution in [2.75, 3.05) is 19.3 Å². The second kappa shape index (κ2) is 7.02. The molecule has 112 valence electrons. The predicted molar refractivity (Wildman–Crippen MR) is 85.0 cm³/mol. The second-order valence-corrected chi connectivity index (χ2v) is 8.30. The summed E-state index contributed by atoms with van der Waals surface area (Å²) in [5.41, 5.74) is 0.981. The van der Waals surface area contributed by atoms with Crippen LogP contribution < -0.4 is 5.32 Å². The molecule has 1 aromatic rings. The molecular weight excluding hydrogens is 340 g/mol. The van der Waals surface area contributed by atoms with Gasteiger partial charge in [-0.25, -0.2) is 12.7 Å². The van der Waals surface area contributed by atoms with Gasteiger partial charge in [-0.2, -0.15) is 0 Å². The summed E-state index contributed by atoms with van der Waals surface area (Å²) >= 11 is 3.45. The molecule has 0 bridgehead atoms. The minimum atomic E-state index is -3.18. The first-order chi connectivity index (χ1) is 9.49. The summed E-state index contributed by atoms with van der Waals surface area (Å²) in [4.78, 5) is 0. The van der Waals surface area contributed by atoms with Gasteiger partial charge in [0.1, 0.15) is 0 Å². The van der Waals surface area contributed by atoms with Crippen LogP contribution in [0.5, 0.6) is 0 Å². The van der Waals surface area contributed by atoms with Crippen molar-refractivity contribution in [3.63, 3.8) is 0 Å². The van der Waals surface area contributed by atoms with Gasteiger partial charge in [0, 0.05) is 24.1 Å². The lowest BCUT2D eigenvalue weighted by Crippen LogP contribution is -2.30. The Bertz CT molecular complexity index is 544. The normalized spacial score (nSPS) is 15.8. The third kappa shape index (κ3) is 4.84. The van der Waals surface area contributed by atoms with Crippen LogP contribution in [0.15, 0.2) is 28.7 Å². The molecule has 0 atom stereocenters. The average molecular weight is 361 g/mol. The molecule has 1 N–H and O–H groups in total. The zero-order valence-corrected chi connectivity index (χ0v) is 14.1. The van der Waals surface area contributed by atoms with Gasteiger partial charge in [0.25, 0.3) is 0 Å². The monoisotopic (exact) mass is 360 g/mol. The Morgan fingerprint density at radius 3 is 2.70 bits per heavy atom. The lowest BCUT2D eigenvalue weighted by Gasteiger charge is -2.18. The van der Waals surface area contributed by atoms with Crippen molar-refractivity contribution >= 4 is 26.0 Å². The van der Waals surface area contributed by atoms with Crippen molar-refractivity contribution in [1.29, 1.82) is 0 Å². The Morgan fingerprint density at radius 2 is 2.05 bits per heavy atom. The van der Waals surface area contributed by atoms with Crippen molar-refractivity contribution in [3.8, 4) is 0 Å². The summed E-state index contributed by atoms with van der Waals surface area (Å²) in [5, 5.41) is 3.34. The number of halogens is 1. The van der Waals surface area contributed by atoms with Gasteiger partial charge in [0.15, 0.2) is 0 Å². The van der Waals surface area contributed by atoms with Crippen LogP contribution in [0.1, 0.15) is 24.8 Å². The van der Waals surface area contributed by atoms with E-state index in [1.807, 2.05) is 24.3 Å². The van der Waals surface area contributed by atoms with E-state index in [0.717, 1.165) is 16.6 Å². The number of hydrogen-bond acceptors (Lipinski definition) is 3. The van der Waals surface area contributed by atoms with E-state index in [1.165, 1.54) is 17.1 Å². The van der Waals surface area contributed by atoms with Gasteiger partial charge in [-0.05, 0) is 37.4 Å². The molecule has 2 rings (SSSR count). The molecule has 0 heterocycles. The van der Waals surface area contributed by atoms with E-state index in [-0.39, 0.29) is 5.75 Å². The molecule has 0 unspecified atom stereocenters. The molecule has 1 saturated carbocycles. The summed E-state index contributed by atoms with van der Waals surface area (Å²) in [6.45, 7) is 1.19. The van der Waals surface area contributed by atoms with Crippen LogP contribution >= 0.6 is 15.9 Å². The maximum absolute atomic E-state index is 12.2. The highest BCUT2D eigenvalue weighted by molar-refractivity contribution is 9.10. The predicted octanol–water partition coefficient (Wildman–Crippen LogP) is 2.35. The van der Waals surface area contributed by atoms with Gasteiger partial charge >= 0.3 is 0 Å². The van der Waals surface area contributed by atoms with E-state index in [2.05, 4.69) is 21.2 Å². The smallest absolute Gasteiger partial charge is 0.214 e. The van der Waals surface area contributed by atoms with Gasteiger partial charge in [-0.1, -0.05) is 34.1 Å². The Labute approximate surface area is 129 Å². The van der Waals surface area contributed by atoms with Gasteiger partial charge < -0.3 is 5.32 Å². The van der Waals surface area contributed by atoms with E-state index in [9.17, 15) is 8.42 Å². The summed E-state index contributed by atoms with van der Waals surface area (Å²) in [6, 6.07) is 8.34. The molecule has 1 aliphatic rings. The molecule has 0 aliphatic heterocycles. The fourth-order valence-electron chi connectivity index (χ4n) is 1.97. The number of hydrogen-bond donors (Lipinski definition) is 1. The van der Waals surface area contributed by atoms with E-state index in [4.69, 9.17) is 0 Å². The lowest BCUT2D eigenvalue weighted by molar-refractivity contribution is 0.463. The van der Waals surface area contributed by atoms with Crippen LogP contribution in [0.2, 0.25) is 0 Å². The average Bonchev–Trinajstić information content (AvgIpc) is 3.21. The summed E-state index contributed by atoms with van der Waals surface area (Å²) in [5.74, 6) is 0.202. The first kappa shape index (κ1) is 15.9. The standard InChI is InChI=1S/C14H21BrN2O2S/c1-17(11-12-5-2-3-6-14(12)15)20(18,19)10-4-9-16-13-7-8-13/h2-3,5-6,13,16H,4,7-11H2,1H3. The molecule has 0 aromatic heterocycles. The molecule has 1 fully saturated rings. The molecule has 0 amide bonds. The summed E-state index contributed by atoms with van der Waals surface area (Å²) in [7, 11) is -1.54. The molecule has 20 heavy (non-hydrogen) atoms. The third-order valence-corrected chi connectivity index (χ3v) is 6.07. The van der Waals surface area contributed by atoms with Gasteiger partial charge in [0.05, 0.1) is 5.75 Å². The second-order valence-electron chi connectivity index (χ2n) is 5.25. The van der Waals surface area contributed by atoms with Crippen LogP contribution in [0.25, 0.3) is 0 Å². The molecule has 4 nitrogen and oxygen atoms in total. The minimum Gasteiger partial charge on any atom is -0.314 e. The highest BCUT2D eigenvalue weighted by atomic mass is 79.9. The first-order valence-corrected chi connectivity index (χ1v) is 9.30. The Hall–Kier alpha value is -0.430. The van der Waals surface area contributed by atoms with Crippen molar-refractivity contribution in [2.45, 2.75) is 31.8 Å². The molecule has 0 radical (unpaired) electrons. The van der Waals surface area contributed by atoms with Crippen molar-refractivity contribution in [1.82, 2.24) is 9.62 Å². The number of benzene rings is 1. The molecule has 6 heteroatoms. The maximum Gasteiger partial charge on any atom is 0.214 e. The van der Waals surface area contributed by atoms with Crippen molar-refractivity contribution in [2.24, 2.45) is 0 Å². The molecule has 1 aliphatic carbocycles. The van der Waals surface area contributed by atoms with Crippen LogP contribution in [-0.4, -0.2) is 38.1 Å². The Morgan fingerprint density at radius 1 is 1.35 bits per heavy atom. The zero-order chi connectivity index (χ0) is 14.6. The van der Waals surface area contributed by atoms with Crippen LogP contribution in [0.3, 0.4) is 0 Å². The SMILES string of the molecule is CN(Cc1ccccc1Br)S(=O)(=O)CCCNC1CC1.